The average Bonchev–Trinajstić information content (AvgIpc) is 2.74. The highest BCUT2D eigenvalue weighted by atomic mass is 19.1. The van der Waals surface area contributed by atoms with Gasteiger partial charge in [0, 0.05) is 23.4 Å². The van der Waals surface area contributed by atoms with E-state index in [0.29, 0.717) is 11.4 Å². The van der Waals surface area contributed by atoms with Gasteiger partial charge in [-0.2, -0.15) is 5.10 Å². The van der Waals surface area contributed by atoms with E-state index in [1.165, 1.54) is 18.2 Å². The Labute approximate surface area is 104 Å². The molecule has 0 spiro atoms. The molecule has 0 radical (unpaired) electrons. The van der Waals surface area contributed by atoms with Gasteiger partial charge in [0.1, 0.15) is 5.82 Å². The first-order valence-electron chi connectivity index (χ1n) is 5.41. The fraction of sp³-hybridized carbons (Fsp3) is 0.0769. The summed E-state index contributed by atoms with van der Waals surface area (Å²) >= 11 is 0. The zero-order chi connectivity index (χ0) is 13.0. The van der Waals surface area contributed by atoms with Crippen LogP contribution in [0.25, 0.3) is 6.08 Å². The average molecular weight is 245 g/mol. The number of rotatable bonds is 3. The number of benzene rings is 1. The highest BCUT2D eigenvalue weighted by Gasteiger charge is 2.01. The number of hydrogen-bond donors (Lipinski definition) is 2. The van der Waals surface area contributed by atoms with Crippen LogP contribution >= 0.6 is 0 Å². The fourth-order valence-corrected chi connectivity index (χ4v) is 1.43. The van der Waals surface area contributed by atoms with Crippen LogP contribution in [0.4, 0.5) is 10.2 Å². The Morgan fingerprint density at radius 1 is 1.44 bits per heavy atom. The molecule has 4 nitrogen and oxygen atoms in total. The van der Waals surface area contributed by atoms with Crippen molar-refractivity contribution in [2.24, 2.45) is 0 Å². The van der Waals surface area contributed by atoms with Crippen LogP contribution < -0.4 is 5.32 Å². The Balaban J connectivity index is 2.01. The quantitative estimate of drug-likeness (QED) is 0.816. The molecule has 2 aromatic rings. The van der Waals surface area contributed by atoms with Crippen LogP contribution in [0.3, 0.4) is 0 Å². The number of amides is 1. The molecular formula is C13H12FN3O. The van der Waals surface area contributed by atoms with Crippen molar-refractivity contribution in [2.45, 2.75) is 6.92 Å². The van der Waals surface area contributed by atoms with E-state index in [4.69, 9.17) is 0 Å². The van der Waals surface area contributed by atoms with E-state index >= 15 is 0 Å². The fourth-order valence-electron chi connectivity index (χ4n) is 1.43. The predicted octanol–water partition coefficient (Wildman–Crippen LogP) is 2.51. The lowest BCUT2D eigenvalue weighted by atomic mass is 10.2. The van der Waals surface area contributed by atoms with Gasteiger partial charge < -0.3 is 5.32 Å². The maximum atomic E-state index is 13.3. The van der Waals surface area contributed by atoms with Crippen LogP contribution in [0.1, 0.15) is 11.3 Å². The summed E-state index contributed by atoms with van der Waals surface area (Å²) < 4.78 is 13.3. The first-order chi connectivity index (χ1) is 8.65. The minimum Gasteiger partial charge on any atom is -0.306 e. The molecule has 1 amide bonds. The van der Waals surface area contributed by atoms with Crippen molar-refractivity contribution in [2.75, 3.05) is 5.32 Å². The lowest BCUT2D eigenvalue weighted by Gasteiger charge is -1.97. The number of halogens is 1. The van der Waals surface area contributed by atoms with Gasteiger partial charge in [-0.1, -0.05) is 18.2 Å². The maximum Gasteiger partial charge on any atom is 0.249 e. The minimum absolute atomic E-state index is 0.357. The van der Waals surface area contributed by atoms with Crippen molar-refractivity contribution < 1.29 is 9.18 Å². The molecule has 0 atom stereocenters. The second-order valence-corrected chi connectivity index (χ2v) is 3.78. The van der Waals surface area contributed by atoms with Gasteiger partial charge in [0.15, 0.2) is 5.82 Å². The first-order valence-corrected chi connectivity index (χ1v) is 5.41. The third kappa shape index (κ3) is 3.04. The summed E-state index contributed by atoms with van der Waals surface area (Å²) in [6.07, 6.45) is 2.69. The van der Waals surface area contributed by atoms with Crippen molar-refractivity contribution in [1.82, 2.24) is 10.2 Å². The number of nitrogens with zero attached hydrogens (tertiary/aromatic N) is 1. The molecular weight excluding hydrogens is 233 g/mol. The Bertz CT molecular complexity index is 589. The predicted molar refractivity (Wildman–Crippen MR) is 67.4 cm³/mol. The molecule has 2 rings (SSSR count). The van der Waals surface area contributed by atoms with E-state index in [9.17, 15) is 9.18 Å². The Morgan fingerprint density at radius 3 is 2.89 bits per heavy atom. The van der Waals surface area contributed by atoms with Crippen LogP contribution in [0.5, 0.6) is 0 Å². The molecule has 0 saturated carbocycles. The van der Waals surface area contributed by atoms with Crippen molar-refractivity contribution in [3.05, 3.63) is 53.5 Å². The van der Waals surface area contributed by atoms with Gasteiger partial charge in [0.05, 0.1) is 0 Å². The molecule has 0 aliphatic carbocycles. The second-order valence-electron chi connectivity index (χ2n) is 3.78. The number of aromatic amines is 1. The number of hydrogen-bond acceptors (Lipinski definition) is 2. The molecule has 0 aliphatic heterocycles. The summed E-state index contributed by atoms with van der Waals surface area (Å²) in [6, 6.07) is 7.94. The van der Waals surface area contributed by atoms with Gasteiger partial charge in [0.2, 0.25) is 5.91 Å². The number of carbonyl (C=O) groups excluding carboxylic acids is 1. The van der Waals surface area contributed by atoms with E-state index in [1.807, 2.05) is 6.92 Å². The van der Waals surface area contributed by atoms with Crippen molar-refractivity contribution in [3.8, 4) is 0 Å². The van der Waals surface area contributed by atoms with Crippen molar-refractivity contribution in [1.29, 1.82) is 0 Å². The second kappa shape index (κ2) is 5.27. The van der Waals surface area contributed by atoms with Gasteiger partial charge in [0.25, 0.3) is 0 Å². The van der Waals surface area contributed by atoms with Crippen LogP contribution in [0.15, 0.2) is 36.4 Å². The lowest BCUT2D eigenvalue weighted by molar-refractivity contribution is -0.111. The monoisotopic (exact) mass is 245 g/mol. The van der Waals surface area contributed by atoms with Crippen LogP contribution in [0, 0.1) is 12.7 Å². The summed E-state index contributed by atoms with van der Waals surface area (Å²) in [5.74, 6) is -0.280. The molecule has 0 bridgehead atoms. The lowest BCUT2D eigenvalue weighted by Crippen LogP contribution is -2.07. The summed E-state index contributed by atoms with van der Waals surface area (Å²) in [4.78, 5) is 11.5. The van der Waals surface area contributed by atoms with Gasteiger partial charge in [-0.25, -0.2) is 4.39 Å². The topological polar surface area (TPSA) is 57.8 Å². The Kier molecular flexibility index (Phi) is 3.52. The summed E-state index contributed by atoms with van der Waals surface area (Å²) in [7, 11) is 0. The van der Waals surface area contributed by atoms with Crippen LogP contribution in [-0.4, -0.2) is 16.1 Å². The van der Waals surface area contributed by atoms with E-state index in [1.54, 1.807) is 24.3 Å². The van der Waals surface area contributed by atoms with Gasteiger partial charge in [-0.05, 0) is 19.1 Å². The van der Waals surface area contributed by atoms with E-state index in [2.05, 4.69) is 15.5 Å². The molecule has 2 N–H and O–H groups in total. The van der Waals surface area contributed by atoms with Gasteiger partial charge in [-0.15, -0.1) is 0 Å². The van der Waals surface area contributed by atoms with Crippen molar-refractivity contribution in [3.63, 3.8) is 0 Å². The summed E-state index contributed by atoms with van der Waals surface area (Å²) in [6.45, 7) is 1.83. The SMILES string of the molecule is Cc1cc(NC(=O)C=Cc2ccccc2F)n[nH]1. The highest BCUT2D eigenvalue weighted by Crippen LogP contribution is 2.09. The summed E-state index contributed by atoms with van der Waals surface area (Å²) in [5, 5.41) is 9.13. The number of carbonyl (C=O) groups is 1. The smallest absolute Gasteiger partial charge is 0.249 e. The first kappa shape index (κ1) is 12.0. The van der Waals surface area contributed by atoms with Crippen LogP contribution in [-0.2, 0) is 4.79 Å². The molecule has 5 heteroatoms. The van der Waals surface area contributed by atoms with E-state index in [-0.39, 0.29) is 11.7 Å². The number of H-pyrrole nitrogens is 1. The van der Waals surface area contributed by atoms with Gasteiger partial charge >= 0.3 is 0 Å². The van der Waals surface area contributed by atoms with E-state index < -0.39 is 0 Å². The van der Waals surface area contributed by atoms with Crippen LogP contribution in [0.2, 0.25) is 0 Å². The molecule has 1 aromatic carbocycles. The highest BCUT2D eigenvalue weighted by molar-refractivity contribution is 6.01. The number of nitrogens with one attached hydrogen (secondary N) is 2. The van der Waals surface area contributed by atoms with Crippen molar-refractivity contribution >= 4 is 17.8 Å². The number of aromatic nitrogens is 2. The molecule has 1 aromatic heterocycles. The minimum atomic E-state index is -0.364. The molecule has 0 saturated heterocycles. The summed E-state index contributed by atoms with van der Waals surface area (Å²) in [5.41, 5.74) is 1.22. The van der Waals surface area contributed by atoms with Gasteiger partial charge in [-0.3, -0.25) is 9.89 Å². The number of aryl methyl sites for hydroxylation is 1. The Hall–Kier alpha value is -2.43. The molecule has 1 heterocycles. The molecule has 18 heavy (non-hydrogen) atoms. The molecule has 0 unspecified atom stereocenters. The number of anilines is 1. The normalized spacial score (nSPS) is 10.8. The third-order valence-corrected chi connectivity index (χ3v) is 2.28. The molecule has 0 aliphatic rings. The van der Waals surface area contributed by atoms with E-state index in [0.717, 1.165) is 5.69 Å². The molecule has 0 fully saturated rings. The third-order valence-electron chi connectivity index (χ3n) is 2.28. The largest absolute Gasteiger partial charge is 0.306 e. The zero-order valence-corrected chi connectivity index (χ0v) is 9.77. The Morgan fingerprint density at radius 2 is 2.22 bits per heavy atom. The zero-order valence-electron chi connectivity index (χ0n) is 9.77. The maximum absolute atomic E-state index is 13.3. The standard InChI is InChI=1S/C13H12FN3O/c1-9-8-12(17-16-9)15-13(18)7-6-10-4-2-3-5-11(10)14/h2-8H,1H3,(H2,15,16,17,18). The molecule has 92 valence electrons.